The molecule has 3 rings (SSSR count). The second-order valence-corrected chi connectivity index (χ2v) is 8.42. The van der Waals surface area contributed by atoms with Gasteiger partial charge in [-0.15, -0.1) is 0 Å². The molecule has 27 heavy (non-hydrogen) atoms. The number of carbonyl (C=O) groups is 1. The average Bonchev–Trinajstić information content (AvgIpc) is 3.17. The van der Waals surface area contributed by atoms with Crippen LogP contribution in [0.25, 0.3) is 11.3 Å². The maximum atomic E-state index is 12.4. The number of hydrogen-bond acceptors (Lipinski definition) is 5. The maximum Gasteiger partial charge on any atom is 0.255 e. The Morgan fingerprint density at radius 3 is 2.15 bits per heavy atom. The first-order valence-electron chi connectivity index (χ1n) is 8.29. The second-order valence-electron chi connectivity index (χ2n) is 6.18. The number of carbonyl (C=O) groups excluding carboxylic acids is 1. The number of amides is 1. The van der Waals surface area contributed by atoms with Crippen molar-refractivity contribution in [3.63, 3.8) is 0 Å². The summed E-state index contributed by atoms with van der Waals surface area (Å²) in [6.45, 7) is 3.19. The first-order chi connectivity index (χ1) is 12.8. The standard InChI is InChI=1S/C19H19N3O4S/c1-13(2)27(24,25)22-17-9-5-15(6-10-17)19(23)21-16-7-3-14(4-8-16)18-11-12-20-26-18/h3-13,22H,1-2H3,(H,21,23). The van der Waals surface area contributed by atoms with Crippen LogP contribution >= 0.6 is 0 Å². The molecule has 0 aliphatic heterocycles. The summed E-state index contributed by atoms with van der Waals surface area (Å²) in [6, 6.07) is 15.2. The van der Waals surface area contributed by atoms with Crippen molar-refractivity contribution in [2.45, 2.75) is 19.1 Å². The van der Waals surface area contributed by atoms with Crippen LogP contribution in [0.1, 0.15) is 24.2 Å². The summed E-state index contributed by atoms with van der Waals surface area (Å²) in [5.74, 6) is 0.355. The van der Waals surface area contributed by atoms with Crippen molar-refractivity contribution in [1.29, 1.82) is 0 Å². The van der Waals surface area contributed by atoms with E-state index in [4.69, 9.17) is 4.52 Å². The second kappa shape index (κ2) is 7.63. The number of benzene rings is 2. The molecular weight excluding hydrogens is 366 g/mol. The highest BCUT2D eigenvalue weighted by molar-refractivity contribution is 7.93. The zero-order chi connectivity index (χ0) is 19.4. The Hall–Kier alpha value is -3.13. The third kappa shape index (κ3) is 4.53. The van der Waals surface area contributed by atoms with Crippen LogP contribution < -0.4 is 10.0 Å². The molecule has 0 unspecified atom stereocenters. The predicted octanol–water partition coefficient (Wildman–Crippen LogP) is 3.74. The fourth-order valence-electron chi connectivity index (χ4n) is 2.26. The first-order valence-corrected chi connectivity index (χ1v) is 9.84. The summed E-state index contributed by atoms with van der Waals surface area (Å²) in [7, 11) is -3.42. The van der Waals surface area contributed by atoms with Gasteiger partial charge in [0.15, 0.2) is 5.76 Å². The van der Waals surface area contributed by atoms with E-state index >= 15 is 0 Å². The third-order valence-electron chi connectivity index (χ3n) is 3.89. The van der Waals surface area contributed by atoms with Crippen LogP contribution in [-0.4, -0.2) is 24.7 Å². The Morgan fingerprint density at radius 2 is 1.59 bits per heavy atom. The van der Waals surface area contributed by atoms with E-state index in [1.165, 1.54) is 0 Å². The molecule has 1 aromatic heterocycles. The predicted molar refractivity (Wildman–Crippen MR) is 104 cm³/mol. The Morgan fingerprint density at radius 1 is 0.963 bits per heavy atom. The normalized spacial score (nSPS) is 11.4. The minimum absolute atomic E-state index is 0.291. The highest BCUT2D eigenvalue weighted by Crippen LogP contribution is 2.21. The van der Waals surface area contributed by atoms with Gasteiger partial charge in [0, 0.05) is 28.6 Å². The summed E-state index contributed by atoms with van der Waals surface area (Å²) in [5, 5.41) is 5.91. The number of anilines is 2. The van der Waals surface area contributed by atoms with Gasteiger partial charge in [-0.1, -0.05) is 5.16 Å². The molecule has 0 aliphatic carbocycles. The van der Waals surface area contributed by atoms with Crippen molar-refractivity contribution in [3.05, 3.63) is 66.4 Å². The molecule has 0 saturated heterocycles. The lowest BCUT2D eigenvalue weighted by Gasteiger charge is -2.11. The van der Waals surface area contributed by atoms with Crippen LogP contribution in [0.3, 0.4) is 0 Å². The summed E-state index contributed by atoms with van der Waals surface area (Å²) < 4.78 is 31.3. The fraction of sp³-hybridized carbons (Fsp3) is 0.158. The van der Waals surface area contributed by atoms with Crippen LogP contribution in [-0.2, 0) is 10.0 Å². The van der Waals surface area contributed by atoms with Gasteiger partial charge in [0.1, 0.15) is 0 Å². The monoisotopic (exact) mass is 385 g/mol. The molecule has 0 spiro atoms. The topological polar surface area (TPSA) is 101 Å². The van der Waals surface area contributed by atoms with Crippen molar-refractivity contribution in [1.82, 2.24) is 5.16 Å². The Kier molecular flexibility index (Phi) is 5.27. The SMILES string of the molecule is CC(C)S(=O)(=O)Nc1ccc(C(=O)Nc2ccc(-c3ccno3)cc2)cc1. The van der Waals surface area contributed by atoms with Gasteiger partial charge in [0.05, 0.1) is 11.4 Å². The lowest BCUT2D eigenvalue weighted by atomic mass is 10.1. The molecule has 1 heterocycles. The molecule has 1 amide bonds. The highest BCUT2D eigenvalue weighted by Gasteiger charge is 2.15. The number of aromatic nitrogens is 1. The van der Waals surface area contributed by atoms with Crippen molar-refractivity contribution < 1.29 is 17.7 Å². The lowest BCUT2D eigenvalue weighted by molar-refractivity contribution is 0.102. The van der Waals surface area contributed by atoms with E-state index in [1.54, 1.807) is 62.5 Å². The van der Waals surface area contributed by atoms with E-state index in [0.29, 0.717) is 22.7 Å². The van der Waals surface area contributed by atoms with Crippen molar-refractivity contribution in [3.8, 4) is 11.3 Å². The third-order valence-corrected chi connectivity index (χ3v) is 5.65. The minimum atomic E-state index is -3.42. The Bertz CT molecular complexity index is 1010. The molecule has 7 nitrogen and oxygen atoms in total. The van der Waals surface area contributed by atoms with Crippen LogP contribution in [0.5, 0.6) is 0 Å². The molecule has 2 aromatic carbocycles. The first kappa shape index (κ1) is 18.7. The van der Waals surface area contributed by atoms with Crippen LogP contribution in [0.2, 0.25) is 0 Å². The molecule has 0 atom stereocenters. The van der Waals surface area contributed by atoms with Crippen molar-refractivity contribution in [2.75, 3.05) is 10.0 Å². The molecule has 140 valence electrons. The van der Waals surface area contributed by atoms with Crippen LogP contribution in [0, 0.1) is 0 Å². The van der Waals surface area contributed by atoms with E-state index in [0.717, 1.165) is 5.56 Å². The molecule has 0 radical (unpaired) electrons. The minimum Gasteiger partial charge on any atom is -0.356 e. The number of hydrogen-bond donors (Lipinski definition) is 2. The van der Waals surface area contributed by atoms with Gasteiger partial charge < -0.3 is 9.84 Å². The smallest absolute Gasteiger partial charge is 0.255 e. The van der Waals surface area contributed by atoms with Gasteiger partial charge in [-0.2, -0.15) is 0 Å². The molecule has 2 N–H and O–H groups in total. The fourth-order valence-corrected chi connectivity index (χ4v) is 2.96. The summed E-state index contributed by atoms with van der Waals surface area (Å²) in [4.78, 5) is 12.4. The number of nitrogens with one attached hydrogen (secondary N) is 2. The van der Waals surface area contributed by atoms with Gasteiger partial charge in [-0.25, -0.2) is 8.42 Å². The molecular formula is C19H19N3O4S. The summed E-state index contributed by atoms with van der Waals surface area (Å²) in [6.07, 6.45) is 1.57. The zero-order valence-electron chi connectivity index (χ0n) is 14.8. The Balaban J connectivity index is 1.66. The number of sulfonamides is 1. The van der Waals surface area contributed by atoms with Crippen molar-refractivity contribution >= 4 is 27.3 Å². The van der Waals surface area contributed by atoms with Crippen molar-refractivity contribution in [2.24, 2.45) is 0 Å². The van der Waals surface area contributed by atoms with E-state index in [1.807, 2.05) is 12.1 Å². The van der Waals surface area contributed by atoms with Crippen LogP contribution in [0.4, 0.5) is 11.4 Å². The van der Waals surface area contributed by atoms with Gasteiger partial charge in [-0.05, 0) is 62.4 Å². The van der Waals surface area contributed by atoms with Gasteiger partial charge in [-0.3, -0.25) is 9.52 Å². The number of rotatable bonds is 6. The van der Waals surface area contributed by atoms with Crippen LogP contribution in [0.15, 0.2) is 65.3 Å². The zero-order valence-corrected chi connectivity index (χ0v) is 15.7. The summed E-state index contributed by atoms with van der Waals surface area (Å²) >= 11 is 0. The molecule has 0 saturated carbocycles. The van der Waals surface area contributed by atoms with Gasteiger partial charge >= 0.3 is 0 Å². The van der Waals surface area contributed by atoms with E-state index in [9.17, 15) is 13.2 Å². The maximum absolute atomic E-state index is 12.4. The highest BCUT2D eigenvalue weighted by atomic mass is 32.2. The molecule has 0 aliphatic rings. The van der Waals surface area contributed by atoms with E-state index in [2.05, 4.69) is 15.2 Å². The Labute approximate surface area is 157 Å². The van der Waals surface area contributed by atoms with Gasteiger partial charge in [0.25, 0.3) is 5.91 Å². The molecule has 0 fully saturated rings. The van der Waals surface area contributed by atoms with E-state index in [-0.39, 0.29) is 5.91 Å². The number of nitrogens with zero attached hydrogens (tertiary/aromatic N) is 1. The quantitative estimate of drug-likeness (QED) is 0.673. The van der Waals surface area contributed by atoms with Gasteiger partial charge in [0.2, 0.25) is 10.0 Å². The molecule has 8 heteroatoms. The summed E-state index contributed by atoms with van der Waals surface area (Å²) in [5.41, 5.74) is 2.32. The average molecular weight is 385 g/mol. The lowest BCUT2D eigenvalue weighted by Crippen LogP contribution is -2.22. The van der Waals surface area contributed by atoms with E-state index < -0.39 is 15.3 Å². The molecule has 0 bridgehead atoms. The largest absolute Gasteiger partial charge is 0.356 e. The molecule has 3 aromatic rings.